The van der Waals surface area contributed by atoms with Gasteiger partial charge in [-0.25, -0.2) is 0 Å². The van der Waals surface area contributed by atoms with Crippen molar-refractivity contribution in [2.75, 3.05) is 44.7 Å². The van der Waals surface area contributed by atoms with E-state index in [-0.39, 0.29) is 24.3 Å². The van der Waals surface area contributed by atoms with Crippen LogP contribution in [0.3, 0.4) is 0 Å². The number of ether oxygens (including phenoxy) is 4. The Bertz CT molecular complexity index is 881. The third kappa shape index (κ3) is 6.44. The first-order chi connectivity index (χ1) is 15.1. The fourth-order valence-corrected chi connectivity index (χ4v) is 3.25. The van der Waals surface area contributed by atoms with E-state index in [2.05, 4.69) is 10.6 Å². The maximum absolute atomic E-state index is 12.5. The van der Waals surface area contributed by atoms with Crippen molar-refractivity contribution in [1.29, 1.82) is 0 Å². The summed E-state index contributed by atoms with van der Waals surface area (Å²) in [5, 5.41) is 5.62. The third-order valence-electron chi connectivity index (χ3n) is 4.88. The van der Waals surface area contributed by atoms with Crippen LogP contribution >= 0.6 is 0 Å². The minimum atomic E-state index is -0.277. The molecular formula is C23H28N2O6. The Morgan fingerprint density at radius 3 is 2.32 bits per heavy atom. The first-order valence-corrected chi connectivity index (χ1v) is 10.2. The number of carbonyl (C=O) groups is 2. The topological polar surface area (TPSA) is 95.1 Å². The van der Waals surface area contributed by atoms with E-state index < -0.39 is 0 Å². The largest absolute Gasteiger partial charge is 0.494 e. The number of hydrogen-bond acceptors (Lipinski definition) is 6. The average molecular weight is 428 g/mol. The number of carbonyl (C=O) groups excluding carboxylic acids is 2. The van der Waals surface area contributed by atoms with Crippen LogP contribution in [-0.4, -0.2) is 52.0 Å². The van der Waals surface area contributed by atoms with E-state index in [4.69, 9.17) is 18.9 Å². The molecule has 1 unspecified atom stereocenters. The number of amides is 2. The molecule has 1 heterocycles. The second-order valence-corrected chi connectivity index (χ2v) is 7.08. The second-order valence-electron chi connectivity index (χ2n) is 7.08. The summed E-state index contributed by atoms with van der Waals surface area (Å²) in [6.07, 6.45) is 2.38. The van der Waals surface area contributed by atoms with Crippen LogP contribution in [0.15, 0.2) is 42.5 Å². The van der Waals surface area contributed by atoms with Gasteiger partial charge in [0, 0.05) is 24.3 Å². The highest BCUT2D eigenvalue weighted by Gasteiger charge is 2.17. The lowest BCUT2D eigenvalue weighted by Gasteiger charge is -2.16. The molecule has 8 heteroatoms. The van der Waals surface area contributed by atoms with E-state index in [1.54, 1.807) is 36.4 Å². The summed E-state index contributed by atoms with van der Waals surface area (Å²) in [6, 6.07) is 12.1. The lowest BCUT2D eigenvalue weighted by molar-refractivity contribution is -0.117. The molecule has 166 valence electrons. The zero-order valence-corrected chi connectivity index (χ0v) is 17.8. The maximum Gasteiger partial charge on any atom is 0.255 e. The molecule has 0 spiro atoms. The number of anilines is 2. The van der Waals surface area contributed by atoms with Crippen molar-refractivity contribution in [1.82, 2.24) is 0 Å². The fraction of sp³-hybridized carbons (Fsp3) is 0.391. The van der Waals surface area contributed by atoms with Gasteiger partial charge in [0.15, 0.2) is 0 Å². The highest BCUT2D eigenvalue weighted by molar-refractivity contribution is 6.05. The van der Waals surface area contributed by atoms with Crippen molar-refractivity contribution < 1.29 is 28.5 Å². The molecule has 1 aliphatic heterocycles. The quantitative estimate of drug-likeness (QED) is 0.563. The van der Waals surface area contributed by atoms with Gasteiger partial charge in [0.2, 0.25) is 5.91 Å². The fourth-order valence-electron chi connectivity index (χ4n) is 3.25. The SMILES string of the molecule is COc1cc(NC(=O)c2ccccc2)c(OC)cc1NC(=O)CCOCC1CCCO1. The number of methoxy groups -OCH3 is 2. The summed E-state index contributed by atoms with van der Waals surface area (Å²) < 4.78 is 21.8. The minimum absolute atomic E-state index is 0.131. The Morgan fingerprint density at radius 1 is 1.03 bits per heavy atom. The molecule has 1 aliphatic rings. The Balaban J connectivity index is 1.61. The maximum atomic E-state index is 12.5. The molecule has 2 amide bonds. The van der Waals surface area contributed by atoms with Crippen LogP contribution < -0.4 is 20.1 Å². The van der Waals surface area contributed by atoms with Crippen LogP contribution in [0, 0.1) is 0 Å². The highest BCUT2D eigenvalue weighted by atomic mass is 16.5. The van der Waals surface area contributed by atoms with Gasteiger partial charge in [-0.05, 0) is 25.0 Å². The molecule has 0 bridgehead atoms. The average Bonchev–Trinajstić information content (AvgIpc) is 3.31. The molecule has 2 aromatic rings. The first kappa shape index (κ1) is 22.6. The van der Waals surface area contributed by atoms with E-state index in [1.807, 2.05) is 6.07 Å². The van der Waals surface area contributed by atoms with Crippen molar-refractivity contribution in [2.24, 2.45) is 0 Å². The lowest BCUT2D eigenvalue weighted by Crippen LogP contribution is -2.19. The first-order valence-electron chi connectivity index (χ1n) is 10.2. The number of nitrogens with one attached hydrogen (secondary N) is 2. The van der Waals surface area contributed by atoms with Gasteiger partial charge < -0.3 is 29.6 Å². The van der Waals surface area contributed by atoms with Gasteiger partial charge in [-0.2, -0.15) is 0 Å². The van der Waals surface area contributed by atoms with Crippen LogP contribution in [0.1, 0.15) is 29.6 Å². The lowest BCUT2D eigenvalue weighted by atomic mass is 10.2. The van der Waals surface area contributed by atoms with Crippen molar-refractivity contribution in [3.63, 3.8) is 0 Å². The van der Waals surface area contributed by atoms with E-state index in [1.165, 1.54) is 14.2 Å². The predicted molar refractivity (Wildman–Crippen MR) is 117 cm³/mol. The molecule has 2 N–H and O–H groups in total. The second kappa shape index (κ2) is 11.3. The van der Waals surface area contributed by atoms with Gasteiger partial charge in [-0.15, -0.1) is 0 Å². The molecule has 8 nitrogen and oxygen atoms in total. The highest BCUT2D eigenvalue weighted by Crippen LogP contribution is 2.36. The Labute approximate surface area is 181 Å². The van der Waals surface area contributed by atoms with E-state index in [0.29, 0.717) is 41.7 Å². The van der Waals surface area contributed by atoms with Crippen LogP contribution in [0.4, 0.5) is 11.4 Å². The summed E-state index contributed by atoms with van der Waals surface area (Å²) in [5.74, 6) is 0.308. The van der Waals surface area contributed by atoms with Gasteiger partial charge in [0.25, 0.3) is 5.91 Å². The van der Waals surface area contributed by atoms with E-state index in [0.717, 1.165) is 19.4 Å². The molecule has 0 aliphatic carbocycles. The summed E-state index contributed by atoms with van der Waals surface area (Å²) in [6.45, 7) is 1.58. The molecule has 1 saturated heterocycles. The third-order valence-corrected chi connectivity index (χ3v) is 4.88. The van der Waals surface area contributed by atoms with E-state index in [9.17, 15) is 9.59 Å². The Kier molecular flexibility index (Phi) is 8.26. The van der Waals surface area contributed by atoms with Crippen molar-refractivity contribution in [3.8, 4) is 11.5 Å². The molecule has 2 aromatic carbocycles. The Hall–Kier alpha value is -3.10. The zero-order chi connectivity index (χ0) is 22.1. The van der Waals surface area contributed by atoms with Crippen LogP contribution in [0.5, 0.6) is 11.5 Å². The molecule has 1 fully saturated rings. The van der Waals surface area contributed by atoms with Crippen molar-refractivity contribution >= 4 is 23.2 Å². The number of rotatable bonds is 10. The monoisotopic (exact) mass is 428 g/mol. The molecule has 0 saturated carbocycles. The van der Waals surface area contributed by atoms with Crippen LogP contribution in [0.2, 0.25) is 0 Å². The number of hydrogen-bond donors (Lipinski definition) is 2. The minimum Gasteiger partial charge on any atom is -0.494 e. The van der Waals surface area contributed by atoms with Gasteiger partial charge >= 0.3 is 0 Å². The summed E-state index contributed by atoms with van der Waals surface area (Å²) in [7, 11) is 2.98. The standard InChI is InChI=1S/C23H28N2O6/c1-28-20-14-19(25-23(27)16-7-4-3-5-8-16)21(29-2)13-18(20)24-22(26)10-12-30-15-17-9-6-11-31-17/h3-5,7-8,13-14,17H,6,9-12,15H2,1-2H3,(H,24,26)(H,25,27). The van der Waals surface area contributed by atoms with Gasteiger partial charge in [0.05, 0.1) is 51.3 Å². The molecule has 3 rings (SSSR count). The van der Waals surface area contributed by atoms with Crippen molar-refractivity contribution in [3.05, 3.63) is 48.0 Å². The molecule has 0 aromatic heterocycles. The predicted octanol–water partition coefficient (Wildman–Crippen LogP) is 3.48. The van der Waals surface area contributed by atoms with Crippen molar-refractivity contribution in [2.45, 2.75) is 25.4 Å². The molecule has 1 atom stereocenters. The van der Waals surface area contributed by atoms with Gasteiger partial charge in [0.1, 0.15) is 11.5 Å². The summed E-state index contributed by atoms with van der Waals surface area (Å²) in [5.41, 5.74) is 1.40. The zero-order valence-electron chi connectivity index (χ0n) is 17.8. The number of benzene rings is 2. The molecular weight excluding hydrogens is 400 g/mol. The smallest absolute Gasteiger partial charge is 0.255 e. The Morgan fingerprint density at radius 2 is 1.71 bits per heavy atom. The van der Waals surface area contributed by atoms with Crippen LogP contribution in [-0.2, 0) is 14.3 Å². The normalized spacial score (nSPS) is 15.4. The molecule has 0 radical (unpaired) electrons. The van der Waals surface area contributed by atoms with Crippen LogP contribution in [0.25, 0.3) is 0 Å². The summed E-state index contributed by atoms with van der Waals surface area (Å²) in [4.78, 5) is 24.8. The summed E-state index contributed by atoms with van der Waals surface area (Å²) >= 11 is 0. The van der Waals surface area contributed by atoms with Gasteiger partial charge in [-0.1, -0.05) is 18.2 Å². The van der Waals surface area contributed by atoms with E-state index >= 15 is 0 Å². The molecule has 31 heavy (non-hydrogen) atoms. The van der Waals surface area contributed by atoms with Gasteiger partial charge in [-0.3, -0.25) is 9.59 Å².